The number of hydrogen-bond donors (Lipinski definition) is 0. The van der Waals surface area contributed by atoms with Gasteiger partial charge in [0.05, 0.1) is 6.04 Å². The molecule has 0 amide bonds. The smallest absolute Gasteiger partial charge is 0.277 e. The number of alkyl halides is 1. The van der Waals surface area contributed by atoms with Crippen molar-refractivity contribution in [2.75, 3.05) is 11.1 Å². The van der Waals surface area contributed by atoms with Gasteiger partial charge < -0.3 is 4.57 Å². The van der Waals surface area contributed by atoms with Gasteiger partial charge in [0.25, 0.3) is 5.56 Å². The van der Waals surface area contributed by atoms with Crippen molar-refractivity contribution in [3.05, 3.63) is 57.5 Å². The molecule has 1 atom stereocenters. The lowest BCUT2D eigenvalue weighted by molar-refractivity contribution is 0.531. The molecule has 22 heavy (non-hydrogen) atoms. The highest BCUT2D eigenvalue weighted by molar-refractivity contribution is 9.09. The van der Waals surface area contributed by atoms with Crippen molar-refractivity contribution in [2.24, 2.45) is 0 Å². The quantitative estimate of drug-likeness (QED) is 0.595. The lowest BCUT2D eigenvalue weighted by atomic mass is 9.97. The molecule has 1 aliphatic rings. The molecular formula is C17H19BrN2OS. The van der Waals surface area contributed by atoms with Crippen LogP contribution < -0.4 is 5.56 Å². The number of benzene rings is 1. The van der Waals surface area contributed by atoms with E-state index in [1.807, 2.05) is 18.2 Å². The van der Waals surface area contributed by atoms with E-state index < -0.39 is 0 Å². The zero-order valence-corrected chi connectivity index (χ0v) is 15.2. The van der Waals surface area contributed by atoms with Gasteiger partial charge in [0.15, 0.2) is 5.16 Å². The molecule has 116 valence electrons. The van der Waals surface area contributed by atoms with Crippen molar-refractivity contribution >= 4 is 27.7 Å². The highest BCUT2D eigenvalue weighted by Gasteiger charge is 2.28. The maximum absolute atomic E-state index is 12.5. The van der Waals surface area contributed by atoms with Crippen LogP contribution in [0.3, 0.4) is 0 Å². The Kier molecular flexibility index (Phi) is 4.73. The lowest BCUT2D eigenvalue weighted by Crippen LogP contribution is -2.26. The highest BCUT2D eigenvalue weighted by Crippen LogP contribution is 2.36. The third-order valence-corrected chi connectivity index (χ3v) is 5.82. The third kappa shape index (κ3) is 2.88. The van der Waals surface area contributed by atoms with Crippen LogP contribution >= 0.6 is 27.7 Å². The predicted octanol–water partition coefficient (Wildman–Crippen LogP) is 4.00. The zero-order valence-electron chi connectivity index (χ0n) is 12.8. The predicted molar refractivity (Wildman–Crippen MR) is 95.4 cm³/mol. The Hall–Kier alpha value is -1.07. The van der Waals surface area contributed by atoms with E-state index in [0.29, 0.717) is 6.04 Å². The van der Waals surface area contributed by atoms with Crippen LogP contribution in [-0.4, -0.2) is 20.6 Å². The second-order valence-corrected chi connectivity index (χ2v) is 7.50. The molecule has 2 aromatic rings. The number of thioether (sulfide) groups is 1. The minimum absolute atomic E-state index is 0.0603. The molecule has 1 unspecified atom stereocenters. The second kappa shape index (κ2) is 6.59. The van der Waals surface area contributed by atoms with Crippen molar-refractivity contribution in [2.45, 2.75) is 37.4 Å². The van der Waals surface area contributed by atoms with Gasteiger partial charge in [-0.3, -0.25) is 4.79 Å². The molecule has 0 bridgehead atoms. The normalized spacial score (nSPS) is 17.0. The SMILES string of the molecule is CC(C)c1c(Cc2ccccc2)n2c(nc1=O)SCC2CBr. The van der Waals surface area contributed by atoms with Crippen molar-refractivity contribution in [3.63, 3.8) is 0 Å². The number of rotatable bonds is 4. The number of halogens is 1. The van der Waals surface area contributed by atoms with Gasteiger partial charge in [0.2, 0.25) is 0 Å². The summed E-state index contributed by atoms with van der Waals surface area (Å²) >= 11 is 5.29. The van der Waals surface area contributed by atoms with Crippen LogP contribution in [0.2, 0.25) is 0 Å². The summed E-state index contributed by atoms with van der Waals surface area (Å²) in [6.07, 6.45) is 0.781. The van der Waals surface area contributed by atoms with Gasteiger partial charge >= 0.3 is 0 Å². The minimum atomic E-state index is -0.0603. The number of aromatic nitrogens is 2. The van der Waals surface area contributed by atoms with Gasteiger partial charge in [-0.2, -0.15) is 4.98 Å². The topological polar surface area (TPSA) is 34.9 Å². The van der Waals surface area contributed by atoms with E-state index in [1.165, 1.54) is 5.56 Å². The standard InChI is InChI=1S/C17H19BrN2OS/c1-11(2)15-14(8-12-6-4-3-5-7-12)20-13(9-18)10-22-17(20)19-16(15)21/h3-7,11,13H,8-10H2,1-2H3. The van der Waals surface area contributed by atoms with Crippen LogP contribution in [0.4, 0.5) is 0 Å². The summed E-state index contributed by atoms with van der Waals surface area (Å²) in [4.78, 5) is 16.8. The molecule has 1 aromatic heterocycles. The van der Waals surface area contributed by atoms with Crippen LogP contribution in [0, 0.1) is 0 Å². The summed E-state index contributed by atoms with van der Waals surface area (Å²) in [5, 5.41) is 1.75. The van der Waals surface area contributed by atoms with E-state index >= 15 is 0 Å². The molecule has 0 spiro atoms. The summed E-state index contributed by atoms with van der Waals surface area (Å²) in [7, 11) is 0. The maximum Gasteiger partial charge on any atom is 0.277 e. The molecule has 0 radical (unpaired) electrons. The Balaban J connectivity index is 2.18. The molecule has 0 N–H and O–H groups in total. The molecule has 5 heteroatoms. The summed E-state index contributed by atoms with van der Waals surface area (Å²) in [6.45, 7) is 4.15. The average molecular weight is 379 g/mol. The molecule has 3 rings (SSSR count). The van der Waals surface area contributed by atoms with E-state index in [1.54, 1.807) is 11.8 Å². The molecule has 3 nitrogen and oxygen atoms in total. The molecule has 0 aliphatic carbocycles. The van der Waals surface area contributed by atoms with E-state index in [2.05, 4.69) is 51.5 Å². The van der Waals surface area contributed by atoms with Gasteiger partial charge in [-0.25, -0.2) is 0 Å². The first-order valence-electron chi connectivity index (χ1n) is 7.49. The zero-order chi connectivity index (χ0) is 15.7. The largest absolute Gasteiger partial charge is 0.319 e. The first kappa shape index (κ1) is 15.8. The molecule has 0 saturated heterocycles. The Bertz CT molecular complexity index is 727. The lowest BCUT2D eigenvalue weighted by Gasteiger charge is -2.21. The fraction of sp³-hybridized carbons (Fsp3) is 0.412. The summed E-state index contributed by atoms with van der Waals surface area (Å²) < 4.78 is 2.28. The van der Waals surface area contributed by atoms with E-state index in [-0.39, 0.29) is 11.5 Å². The summed E-state index contributed by atoms with van der Waals surface area (Å²) in [6, 6.07) is 10.7. The van der Waals surface area contributed by atoms with Crippen LogP contribution in [0.15, 0.2) is 40.3 Å². The van der Waals surface area contributed by atoms with Crippen LogP contribution in [0.25, 0.3) is 0 Å². The van der Waals surface area contributed by atoms with Crippen molar-refractivity contribution in [3.8, 4) is 0 Å². The van der Waals surface area contributed by atoms with Crippen LogP contribution in [0.1, 0.15) is 42.6 Å². The Morgan fingerprint density at radius 1 is 1.36 bits per heavy atom. The van der Waals surface area contributed by atoms with Crippen LogP contribution in [0.5, 0.6) is 0 Å². The van der Waals surface area contributed by atoms with Gasteiger partial charge in [-0.1, -0.05) is 71.9 Å². The summed E-state index contributed by atoms with van der Waals surface area (Å²) in [5.74, 6) is 1.15. The fourth-order valence-electron chi connectivity index (χ4n) is 2.96. The molecule has 2 heterocycles. The Morgan fingerprint density at radius 3 is 2.73 bits per heavy atom. The third-order valence-electron chi connectivity index (χ3n) is 3.98. The maximum atomic E-state index is 12.5. The highest BCUT2D eigenvalue weighted by atomic mass is 79.9. The monoisotopic (exact) mass is 378 g/mol. The Labute approximate surface area is 143 Å². The molecule has 0 saturated carbocycles. The second-order valence-electron chi connectivity index (χ2n) is 5.87. The average Bonchev–Trinajstić information content (AvgIpc) is 2.90. The van der Waals surface area contributed by atoms with Crippen molar-refractivity contribution in [1.82, 2.24) is 9.55 Å². The number of nitrogens with zero attached hydrogens (tertiary/aromatic N) is 2. The first-order valence-corrected chi connectivity index (χ1v) is 9.60. The first-order chi connectivity index (χ1) is 10.6. The van der Waals surface area contributed by atoms with Crippen molar-refractivity contribution < 1.29 is 0 Å². The molecule has 0 fully saturated rings. The number of fused-ring (bicyclic) bond motifs is 1. The van der Waals surface area contributed by atoms with Gasteiger partial charge in [0, 0.05) is 28.8 Å². The van der Waals surface area contributed by atoms with Gasteiger partial charge in [-0.05, 0) is 11.5 Å². The van der Waals surface area contributed by atoms with E-state index in [4.69, 9.17) is 0 Å². The van der Waals surface area contributed by atoms with Crippen LogP contribution in [-0.2, 0) is 6.42 Å². The molecule has 1 aromatic carbocycles. The van der Waals surface area contributed by atoms with E-state index in [9.17, 15) is 4.79 Å². The summed E-state index contributed by atoms with van der Waals surface area (Å²) in [5.41, 5.74) is 3.16. The minimum Gasteiger partial charge on any atom is -0.319 e. The molecule has 1 aliphatic heterocycles. The van der Waals surface area contributed by atoms with Gasteiger partial charge in [0.1, 0.15) is 0 Å². The number of hydrogen-bond acceptors (Lipinski definition) is 3. The Morgan fingerprint density at radius 2 is 2.09 bits per heavy atom. The fourth-order valence-corrected chi connectivity index (χ4v) is 4.93. The molecular weight excluding hydrogens is 360 g/mol. The van der Waals surface area contributed by atoms with Crippen molar-refractivity contribution in [1.29, 1.82) is 0 Å². The van der Waals surface area contributed by atoms with E-state index in [0.717, 1.165) is 33.9 Å². The van der Waals surface area contributed by atoms with Gasteiger partial charge in [-0.15, -0.1) is 0 Å².